The van der Waals surface area contributed by atoms with Gasteiger partial charge in [0.15, 0.2) is 5.03 Å². The molecular weight excluding hydrogens is 494 g/mol. The SMILES string of the molecule is NC(=O)NCc1ccc(CNC(=O)[C@@H](CCCNC(N)=N[N+](=O)[O-])NC(=O)c2cccc3[nH]ccc23)cc1. The molecule has 0 spiro atoms. The number of nitrogens with zero attached hydrogens (tertiary/aromatic N) is 2. The molecule has 0 aliphatic heterocycles. The Morgan fingerprint density at radius 2 is 1.66 bits per heavy atom. The van der Waals surface area contributed by atoms with E-state index in [0.29, 0.717) is 12.0 Å². The van der Waals surface area contributed by atoms with Gasteiger partial charge in [0.2, 0.25) is 5.91 Å². The number of rotatable bonds is 12. The zero-order chi connectivity index (χ0) is 27.5. The number of nitrogens with one attached hydrogen (secondary N) is 5. The van der Waals surface area contributed by atoms with Crippen LogP contribution >= 0.6 is 0 Å². The number of H-pyrrole nitrogens is 1. The van der Waals surface area contributed by atoms with Crippen LogP contribution in [0.5, 0.6) is 0 Å². The van der Waals surface area contributed by atoms with Gasteiger partial charge in [-0.25, -0.2) is 14.9 Å². The Kier molecular flexibility index (Phi) is 9.57. The lowest BCUT2D eigenvalue weighted by molar-refractivity contribution is -0.485. The van der Waals surface area contributed by atoms with E-state index >= 15 is 0 Å². The topological polar surface area (TPSA) is 223 Å². The number of hydrazone groups is 1. The van der Waals surface area contributed by atoms with Gasteiger partial charge in [-0.2, -0.15) is 0 Å². The number of amides is 4. The van der Waals surface area contributed by atoms with Crippen molar-refractivity contribution in [3.8, 4) is 0 Å². The zero-order valence-electron chi connectivity index (χ0n) is 20.4. The van der Waals surface area contributed by atoms with Crippen molar-refractivity contribution in [2.45, 2.75) is 32.0 Å². The summed E-state index contributed by atoms with van der Waals surface area (Å²) in [5.74, 6) is -1.16. The van der Waals surface area contributed by atoms with Crippen molar-refractivity contribution < 1.29 is 19.4 Å². The Hall–Kier alpha value is -5.14. The van der Waals surface area contributed by atoms with Gasteiger partial charge in [0.05, 0.1) is 0 Å². The summed E-state index contributed by atoms with van der Waals surface area (Å²) in [7, 11) is 0. The lowest BCUT2D eigenvalue weighted by atomic mass is 10.1. The first-order chi connectivity index (χ1) is 18.2. The van der Waals surface area contributed by atoms with E-state index in [1.54, 1.807) is 48.7 Å². The quantitative estimate of drug-likeness (QED) is 0.0589. The number of guanidine groups is 1. The van der Waals surface area contributed by atoms with E-state index in [-0.39, 0.29) is 32.0 Å². The summed E-state index contributed by atoms with van der Waals surface area (Å²) in [5, 5.41) is 23.9. The predicted molar refractivity (Wildman–Crippen MR) is 140 cm³/mol. The number of nitro groups is 1. The van der Waals surface area contributed by atoms with Crippen LogP contribution in [-0.4, -0.2) is 46.4 Å². The molecule has 0 radical (unpaired) electrons. The first-order valence-electron chi connectivity index (χ1n) is 11.7. The highest BCUT2D eigenvalue weighted by atomic mass is 16.7. The average Bonchev–Trinajstić information content (AvgIpc) is 3.37. The zero-order valence-corrected chi connectivity index (χ0v) is 20.4. The van der Waals surface area contributed by atoms with Crippen molar-refractivity contribution in [1.29, 1.82) is 0 Å². The molecule has 0 aliphatic carbocycles. The van der Waals surface area contributed by atoms with E-state index in [4.69, 9.17) is 11.5 Å². The Balaban J connectivity index is 1.64. The number of hydrogen-bond acceptors (Lipinski definition) is 5. The molecule has 0 aliphatic rings. The summed E-state index contributed by atoms with van der Waals surface area (Å²) in [6.45, 7) is 0.703. The van der Waals surface area contributed by atoms with Crippen molar-refractivity contribution in [2.75, 3.05) is 6.54 Å². The third kappa shape index (κ3) is 8.22. The molecule has 3 rings (SSSR count). The molecule has 0 saturated carbocycles. The van der Waals surface area contributed by atoms with Crippen LogP contribution in [0.4, 0.5) is 4.79 Å². The Labute approximate surface area is 217 Å². The lowest BCUT2D eigenvalue weighted by Gasteiger charge is -2.19. The van der Waals surface area contributed by atoms with E-state index in [1.807, 2.05) is 6.07 Å². The highest BCUT2D eigenvalue weighted by Gasteiger charge is 2.22. The standard InChI is InChI=1S/C24H29N9O5/c25-23(32-33(37)38)28-11-2-5-20(31-21(34)18-3-1-4-19-17(18)10-12-27-19)22(35)29-13-15-6-8-16(9-7-15)14-30-24(26)36/h1,3-4,6-10,12,20,27H,2,5,11,13-14H2,(H,29,35)(H,31,34)(H3,25,28,32)(H3,26,30,36)/t20-/m1/s1. The fourth-order valence-electron chi connectivity index (χ4n) is 3.71. The second-order valence-electron chi connectivity index (χ2n) is 8.31. The summed E-state index contributed by atoms with van der Waals surface area (Å²) in [6, 6.07) is 12.7. The molecule has 0 bridgehead atoms. The smallest absolute Gasteiger partial charge is 0.312 e. The molecule has 14 nitrogen and oxygen atoms in total. The van der Waals surface area contributed by atoms with Crippen LogP contribution in [0.2, 0.25) is 0 Å². The number of urea groups is 1. The molecule has 38 heavy (non-hydrogen) atoms. The molecule has 0 fully saturated rings. The number of carbonyl (C=O) groups is 3. The van der Waals surface area contributed by atoms with Gasteiger partial charge < -0.3 is 37.7 Å². The highest BCUT2D eigenvalue weighted by Crippen LogP contribution is 2.17. The Morgan fingerprint density at radius 1 is 0.974 bits per heavy atom. The number of nitrogens with two attached hydrogens (primary N) is 2. The molecule has 1 heterocycles. The van der Waals surface area contributed by atoms with Crippen LogP contribution in [0, 0.1) is 10.1 Å². The van der Waals surface area contributed by atoms with Crippen molar-refractivity contribution in [3.05, 3.63) is 81.5 Å². The molecule has 0 unspecified atom stereocenters. The third-order valence-electron chi connectivity index (χ3n) is 5.58. The molecule has 14 heteroatoms. The number of hydrogen-bond donors (Lipinski definition) is 7. The summed E-state index contributed by atoms with van der Waals surface area (Å²) in [4.78, 5) is 50.5. The van der Waals surface area contributed by atoms with Gasteiger partial charge >= 0.3 is 6.03 Å². The van der Waals surface area contributed by atoms with Gasteiger partial charge in [-0.3, -0.25) is 9.59 Å². The molecule has 9 N–H and O–H groups in total. The highest BCUT2D eigenvalue weighted by molar-refractivity contribution is 6.07. The number of aromatic amines is 1. The molecule has 4 amide bonds. The number of carbonyl (C=O) groups excluding carboxylic acids is 3. The van der Waals surface area contributed by atoms with Crippen LogP contribution in [0.1, 0.15) is 34.3 Å². The van der Waals surface area contributed by atoms with Gasteiger partial charge in [-0.1, -0.05) is 30.3 Å². The van der Waals surface area contributed by atoms with Gasteiger partial charge in [0, 0.05) is 42.3 Å². The fraction of sp³-hybridized carbons (Fsp3) is 0.250. The third-order valence-corrected chi connectivity index (χ3v) is 5.58. The van der Waals surface area contributed by atoms with Crippen molar-refractivity contribution in [3.63, 3.8) is 0 Å². The molecule has 1 aromatic heterocycles. The summed E-state index contributed by atoms with van der Waals surface area (Å²) < 4.78 is 0. The van der Waals surface area contributed by atoms with E-state index < -0.39 is 28.9 Å². The minimum atomic E-state index is -0.915. The second-order valence-corrected chi connectivity index (χ2v) is 8.31. The maximum absolute atomic E-state index is 13.1. The maximum Gasteiger partial charge on any atom is 0.312 e. The summed E-state index contributed by atoms with van der Waals surface area (Å²) >= 11 is 0. The van der Waals surface area contributed by atoms with Gasteiger partial charge in [0.1, 0.15) is 11.1 Å². The van der Waals surface area contributed by atoms with E-state index in [0.717, 1.165) is 22.0 Å². The largest absolute Gasteiger partial charge is 0.365 e. The molecule has 2 aromatic carbocycles. The lowest BCUT2D eigenvalue weighted by Crippen LogP contribution is -2.47. The normalized spacial score (nSPS) is 11.9. The van der Waals surface area contributed by atoms with Crippen molar-refractivity contribution in [1.82, 2.24) is 26.3 Å². The van der Waals surface area contributed by atoms with Crippen LogP contribution in [0.15, 0.2) is 59.8 Å². The summed E-state index contributed by atoms with van der Waals surface area (Å²) in [6.07, 6.45) is 2.32. The molecule has 200 valence electrons. The molecule has 1 atom stereocenters. The number of benzene rings is 2. The first kappa shape index (κ1) is 27.4. The van der Waals surface area contributed by atoms with Gasteiger partial charge in [-0.05, 0) is 42.2 Å². The van der Waals surface area contributed by atoms with Crippen LogP contribution < -0.4 is 32.7 Å². The second kappa shape index (κ2) is 13.2. The number of aromatic nitrogens is 1. The minimum absolute atomic E-state index is 0.205. The van der Waals surface area contributed by atoms with Crippen LogP contribution in [0.3, 0.4) is 0 Å². The predicted octanol–water partition coefficient (Wildman–Crippen LogP) is 0.627. The average molecular weight is 524 g/mol. The van der Waals surface area contributed by atoms with Crippen molar-refractivity contribution in [2.24, 2.45) is 16.6 Å². The van der Waals surface area contributed by atoms with Gasteiger partial charge in [-0.15, -0.1) is 0 Å². The monoisotopic (exact) mass is 523 g/mol. The maximum atomic E-state index is 13.1. The van der Waals surface area contributed by atoms with E-state index in [2.05, 4.69) is 31.4 Å². The van der Waals surface area contributed by atoms with E-state index in [1.165, 1.54) is 0 Å². The van der Waals surface area contributed by atoms with Crippen LogP contribution in [-0.2, 0) is 17.9 Å². The van der Waals surface area contributed by atoms with Crippen LogP contribution in [0.25, 0.3) is 10.9 Å². The Bertz CT molecular complexity index is 1320. The molecular formula is C24H29N9O5. The van der Waals surface area contributed by atoms with Gasteiger partial charge in [0.25, 0.3) is 11.9 Å². The summed E-state index contributed by atoms with van der Waals surface area (Å²) in [5.41, 5.74) is 13.4. The van der Waals surface area contributed by atoms with Crippen molar-refractivity contribution >= 4 is 34.7 Å². The Morgan fingerprint density at radius 3 is 2.32 bits per heavy atom. The molecule has 0 saturated heterocycles. The number of primary amides is 1. The molecule has 3 aromatic rings. The minimum Gasteiger partial charge on any atom is -0.365 e. The fourth-order valence-corrected chi connectivity index (χ4v) is 3.71. The first-order valence-corrected chi connectivity index (χ1v) is 11.7. The number of fused-ring (bicyclic) bond motifs is 1. The van der Waals surface area contributed by atoms with E-state index in [9.17, 15) is 24.5 Å².